The third kappa shape index (κ3) is 4.84. The zero-order valence-corrected chi connectivity index (χ0v) is 11.4. The monoisotopic (exact) mass is 226 g/mol. The SMILES string of the molecule is CCCCCN(CC1CCC(N)C1)C(C)C. The van der Waals surface area contributed by atoms with Crippen molar-refractivity contribution < 1.29 is 0 Å². The molecular formula is C14H30N2. The first kappa shape index (κ1) is 14.0. The van der Waals surface area contributed by atoms with Crippen molar-refractivity contribution in [3.8, 4) is 0 Å². The summed E-state index contributed by atoms with van der Waals surface area (Å²) in [6, 6.07) is 1.17. The molecule has 0 aromatic carbocycles. The topological polar surface area (TPSA) is 29.3 Å². The summed E-state index contributed by atoms with van der Waals surface area (Å²) in [4.78, 5) is 2.65. The van der Waals surface area contributed by atoms with Crippen molar-refractivity contribution in [2.24, 2.45) is 11.7 Å². The molecule has 1 rings (SSSR count). The van der Waals surface area contributed by atoms with Crippen LogP contribution in [0.2, 0.25) is 0 Å². The van der Waals surface area contributed by atoms with Gasteiger partial charge in [0.2, 0.25) is 0 Å². The van der Waals surface area contributed by atoms with Crippen LogP contribution in [-0.2, 0) is 0 Å². The van der Waals surface area contributed by atoms with Crippen molar-refractivity contribution in [3.05, 3.63) is 0 Å². The lowest BCUT2D eigenvalue weighted by Gasteiger charge is -2.29. The Hall–Kier alpha value is -0.0800. The Morgan fingerprint density at radius 3 is 2.50 bits per heavy atom. The second kappa shape index (κ2) is 7.29. The summed E-state index contributed by atoms with van der Waals surface area (Å²) in [5.74, 6) is 0.860. The average molecular weight is 226 g/mol. The molecule has 2 nitrogen and oxygen atoms in total. The lowest BCUT2D eigenvalue weighted by Crippen LogP contribution is -2.36. The summed E-state index contributed by atoms with van der Waals surface area (Å²) in [6.07, 6.45) is 7.88. The Labute approximate surface area is 102 Å². The number of hydrogen-bond donors (Lipinski definition) is 1. The van der Waals surface area contributed by atoms with Crippen LogP contribution < -0.4 is 5.73 Å². The van der Waals surface area contributed by atoms with Gasteiger partial charge in [-0.1, -0.05) is 19.8 Å². The smallest absolute Gasteiger partial charge is 0.00420 e. The van der Waals surface area contributed by atoms with Crippen molar-refractivity contribution in [1.29, 1.82) is 0 Å². The zero-order valence-electron chi connectivity index (χ0n) is 11.4. The van der Waals surface area contributed by atoms with Gasteiger partial charge in [0, 0.05) is 18.6 Å². The second-order valence-corrected chi connectivity index (χ2v) is 5.73. The van der Waals surface area contributed by atoms with Crippen LogP contribution in [0.25, 0.3) is 0 Å². The Balaban J connectivity index is 2.27. The molecule has 2 N–H and O–H groups in total. The number of rotatable bonds is 7. The van der Waals surface area contributed by atoms with Gasteiger partial charge >= 0.3 is 0 Å². The van der Waals surface area contributed by atoms with E-state index < -0.39 is 0 Å². The van der Waals surface area contributed by atoms with Crippen molar-refractivity contribution in [3.63, 3.8) is 0 Å². The van der Waals surface area contributed by atoms with Crippen LogP contribution in [0.3, 0.4) is 0 Å². The largest absolute Gasteiger partial charge is 0.328 e. The standard InChI is InChI=1S/C14H30N2/c1-4-5-6-9-16(12(2)3)11-13-7-8-14(15)10-13/h12-14H,4-11,15H2,1-3H3. The van der Waals surface area contributed by atoms with Crippen LogP contribution in [0.1, 0.15) is 59.3 Å². The maximum absolute atomic E-state index is 5.98. The highest BCUT2D eigenvalue weighted by Gasteiger charge is 2.24. The molecule has 2 heteroatoms. The minimum Gasteiger partial charge on any atom is -0.328 e. The summed E-state index contributed by atoms with van der Waals surface area (Å²) >= 11 is 0. The van der Waals surface area contributed by atoms with Crippen LogP contribution in [0.5, 0.6) is 0 Å². The van der Waals surface area contributed by atoms with Crippen LogP contribution in [0.15, 0.2) is 0 Å². The van der Waals surface area contributed by atoms with Crippen LogP contribution in [0.4, 0.5) is 0 Å². The lowest BCUT2D eigenvalue weighted by molar-refractivity contribution is 0.184. The van der Waals surface area contributed by atoms with Crippen LogP contribution in [-0.4, -0.2) is 30.1 Å². The molecule has 0 aromatic rings. The van der Waals surface area contributed by atoms with Gasteiger partial charge in [-0.3, -0.25) is 0 Å². The molecule has 16 heavy (non-hydrogen) atoms. The summed E-state index contributed by atoms with van der Waals surface area (Å²) in [5.41, 5.74) is 5.98. The van der Waals surface area contributed by atoms with Crippen LogP contribution >= 0.6 is 0 Å². The Bertz CT molecular complexity index is 180. The van der Waals surface area contributed by atoms with Gasteiger partial charge in [0.05, 0.1) is 0 Å². The fourth-order valence-corrected chi connectivity index (χ4v) is 2.74. The molecule has 0 heterocycles. The quantitative estimate of drug-likeness (QED) is 0.676. The Kier molecular flexibility index (Phi) is 6.37. The number of nitrogens with two attached hydrogens (primary N) is 1. The molecule has 1 aliphatic carbocycles. The van der Waals surface area contributed by atoms with Gasteiger partial charge in [-0.05, 0) is 52.0 Å². The number of nitrogens with zero attached hydrogens (tertiary/aromatic N) is 1. The molecule has 2 unspecified atom stereocenters. The Morgan fingerprint density at radius 1 is 1.25 bits per heavy atom. The van der Waals surface area contributed by atoms with E-state index in [4.69, 9.17) is 5.73 Å². The minimum absolute atomic E-state index is 0.481. The highest BCUT2D eigenvalue weighted by Crippen LogP contribution is 2.25. The van der Waals surface area contributed by atoms with E-state index in [0.717, 1.165) is 5.92 Å². The molecule has 2 atom stereocenters. The van der Waals surface area contributed by atoms with Crippen molar-refractivity contribution in [2.45, 2.75) is 71.4 Å². The van der Waals surface area contributed by atoms with Gasteiger partial charge in [0.1, 0.15) is 0 Å². The van der Waals surface area contributed by atoms with Crippen molar-refractivity contribution in [1.82, 2.24) is 4.90 Å². The van der Waals surface area contributed by atoms with Crippen molar-refractivity contribution >= 4 is 0 Å². The molecule has 0 radical (unpaired) electrons. The molecule has 96 valence electrons. The first-order chi connectivity index (χ1) is 7.63. The highest BCUT2D eigenvalue weighted by molar-refractivity contribution is 4.80. The van der Waals surface area contributed by atoms with Gasteiger partial charge in [0.15, 0.2) is 0 Å². The maximum Gasteiger partial charge on any atom is 0.00420 e. The van der Waals surface area contributed by atoms with Gasteiger partial charge in [-0.2, -0.15) is 0 Å². The number of unbranched alkanes of at least 4 members (excludes halogenated alkanes) is 2. The molecule has 1 fully saturated rings. The molecule has 1 saturated carbocycles. The maximum atomic E-state index is 5.98. The zero-order chi connectivity index (χ0) is 12.0. The molecule has 1 aliphatic rings. The van der Waals surface area contributed by atoms with Gasteiger partial charge in [0.25, 0.3) is 0 Å². The lowest BCUT2D eigenvalue weighted by atomic mass is 10.1. The second-order valence-electron chi connectivity index (χ2n) is 5.73. The first-order valence-electron chi connectivity index (χ1n) is 7.13. The third-order valence-corrected chi connectivity index (χ3v) is 3.85. The van der Waals surface area contributed by atoms with E-state index in [-0.39, 0.29) is 0 Å². The van der Waals surface area contributed by atoms with Gasteiger partial charge in [-0.25, -0.2) is 0 Å². The normalized spacial score (nSPS) is 25.9. The first-order valence-corrected chi connectivity index (χ1v) is 7.13. The van der Waals surface area contributed by atoms with Crippen LogP contribution in [0, 0.1) is 5.92 Å². The molecule has 0 bridgehead atoms. The summed E-state index contributed by atoms with van der Waals surface area (Å²) in [5, 5.41) is 0. The fraction of sp³-hybridized carbons (Fsp3) is 1.00. The molecule has 0 spiro atoms. The highest BCUT2D eigenvalue weighted by atomic mass is 15.1. The van der Waals surface area contributed by atoms with E-state index in [1.54, 1.807) is 0 Å². The Morgan fingerprint density at radius 2 is 2.00 bits per heavy atom. The van der Waals surface area contributed by atoms with E-state index in [0.29, 0.717) is 12.1 Å². The van der Waals surface area contributed by atoms with E-state index in [1.165, 1.54) is 51.6 Å². The average Bonchev–Trinajstić information content (AvgIpc) is 2.63. The minimum atomic E-state index is 0.481. The molecule has 0 aliphatic heterocycles. The number of hydrogen-bond acceptors (Lipinski definition) is 2. The van der Waals surface area contributed by atoms with Gasteiger partial charge in [-0.15, -0.1) is 0 Å². The van der Waals surface area contributed by atoms with E-state index in [1.807, 2.05) is 0 Å². The van der Waals surface area contributed by atoms with Crippen molar-refractivity contribution in [2.75, 3.05) is 13.1 Å². The predicted octanol–water partition coefficient (Wildman–Crippen LogP) is 3.01. The fourth-order valence-electron chi connectivity index (χ4n) is 2.74. The summed E-state index contributed by atoms with van der Waals surface area (Å²) < 4.78 is 0. The predicted molar refractivity (Wildman–Crippen MR) is 71.6 cm³/mol. The summed E-state index contributed by atoms with van der Waals surface area (Å²) in [6.45, 7) is 9.46. The van der Waals surface area contributed by atoms with E-state index >= 15 is 0 Å². The van der Waals surface area contributed by atoms with E-state index in [2.05, 4.69) is 25.7 Å². The van der Waals surface area contributed by atoms with E-state index in [9.17, 15) is 0 Å². The summed E-state index contributed by atoms with van der Waals surface area (Å²) in [7, 11) is 0. The molecule has 0 saturated heterocycles. The molecule has 0 amide bonds. The third-order valence-electron chi connectivity index (χ3n) is 3.85. The van der Waals surface area contributed by atoms with Gasteiger partial charge < -0.3 is 10.6 Å². The molecular weight excluding hydrogens is 196 g/mol. The molecule has 0 aromatic heterocycles.